The number of nitrogens with zero attached hydrogens (tertiary/aromatic N) is 3. The van der Waals surface area contributed by atoms with E-state index in [1.54, 1.807) is 0 Å². The van der Waals surface area contributed by atoms with Crippen LogP contribution in [0.2, 0.25) is 0 Å². The second kappa shape index (κ2) is 13.1. The molecule has 4 aromatic rings. The molecule has 1 aliphatic heterocycles. The lowest BCUT2D eigenvalue weighted by molar-refractivity contribution is 0.103. The van der Waals surface area contributed by atoms with E-state index in [-0.39, 0.29) is 30.7 Å². The van der Waals surface area contributed by atoms with E-state index in [0.717, 1.165) is 61.3 Å². The largest absolute Gasteiger partial charge is 0.330 e. The van der Waals surface area contributed by atoms with Gasteiger partial charge in [-0.25, -0.2) is 4.98 Å². The summed E-state index contributed by atoms with van der Waals surface area (Å²) in [4.78, 5) is 20.3. The smallest absolute Gasteiger partial charge is 0.265 e. The summed E-state index contributed by atoms with van der Waals surface area (Å²) in [5.41, 5.74) is 6.84. The molecular formula is C28H32Cl2N4OS. The number of imidazole rings is 1. The molecule has 5 nitrogen and oxygen atoms in total. The molecule has 0 atom stereocenters. The van der Waals surface area contributed by atoms with Gasteiger partial charge in [0.1, 0.15) is 0 Å². The van der Waals surface area contributed by atoms with Crippen LogP contribution in [0.5, 0.6) is 0 Å². The van der Waals surface area contributed by atoms with Crippen molar-refractivity contribution in [2.24, 2.45) is 0 Å². The number of amides is 1. The van der Waals surface area contributed by atoms with Gasteiger partial charge in [0.25, 0.3) is 5.91 Å². The molecule has 0 unspecified atom stereocenters. The zero-order valence-corrected chi connectivity index (χ0v) is 22.8. The average molecular weight is 544 g/mol. The molecule has 8 heteroatoms. The maximum Gasteiger partial charge on any atom is 0.265 e. The molecule has 3 heterocycles. The Hall–Kier alpha value is -2.64. The number of rotatable bonds is 8. The van der Waals surface area contributed by atoms with E-state index in [2.05, 4.69) is 63.1 Å². The fraction of sp³-hybridized carbons (Fsp3) is 0.286. The Bertz CT molecular complexity index is 1300. The van der Waals surface area contributed by atoms with E-state index in [1.807, 2.05) is 36.0 Å². The van der Waals surface area contributed by atoms with Crippen molar-refractivity contribution in [3.63, 3.8) is 0 Å². The first-order valence-electron chi connectivity index (χ1n) is 11.9. The Morgan fingerprint density at radius 2 is 1.86 bits per heavy atom. The maximum atomic E-state index is 12.4. The van der Waals surface area contributed by atoms with Crippen LogP contribution in [-0.2, 0) is 6.54 Å². The zero-order chi connectivity index (χ0) is 23.3. The summed E-state index contributed by atoms with van der Waals surface area (Å²) in [5.74, 6) is -0.0726. The fourth-order valence-electron chi connectivity index (χ4n) is 4.71. The first-order valence-corrected chi connectivity index (χ1v) is 12.8. The van der Waals surface area contributed by atoms with Crippen LogP contribution in [0.25, 0.3) is 16.6 Å². The van der Waals surface area contributed by atoms with Gasteiger partial charge in [-0.3, -0.25) is 9.69 Å². The van der Waals surface area contributed by atoms with Crippen molar-refractivity contribution in [2.75, 3.05) is 25.0 Å². The number of halogens is 2. The number of thiophene rings is 1. The van der Waals surface area contributed by atoms with Gasteiger partial charge in [-0.05, 0) is 73.0 Å². The van der Waals surface area contributed by atoms with Gasteiger partial charge in [0.2, 0.25) is 0 Å². The summed E-state index contributed by atoms with van der Waals surface area (Å²) in [6.07, 6.45) is 7.73. The molecule has 190 valence electrons. The monoisotopic (exact) mass is 542 g/mol. The number of nitrogens with one attached hydrogen (secondary N) is 1. The first kappa shape index (κ1) is 27.9. The SMILES string of the molecule is Cc1cc(NC(=O)c2cccs2)cc2ncn(CCCCN3CC=C(c4ccccc4)CC3)c12.Cl.Cl. The van der Waals surface area contributed by atoms with Crippen LogP contribution < -0.4 is 5.32 Å². The van der Waals surface area contributed by atoms with E-state index in [0.29, 0.717) is 4.88 Å². The number of benzene rings is 2. The molecule has 2 aromatic heterocycles. The van der Waals surface area contributed by atoms with Gasteiger partial charge in [0.05, 0.1) is 22.2 Å². The maximum absolute atomic E-state index is 12.4. The lowest BCUT2D eigenvalue weighted by Gasteiger charge is -2.26. The second-order valence-electron chi connectivity index (χ2n) is 8.88. The number of unbranched alkanes of at least 4 members (excludes halogenated alkanes) is 1. The van der Waals surface area contributed by atoms with Crippen LogP contribution in [0.1, 0.15) is 40.1 Å². The van der Waals surface area contributed by atoms with Crippen LogP contribution >= 0.6 is 36.2 Å². The van der Waals surface area contributed by atoms with Gasteiger partial charge >= 0.3 is 0 Å². The zero-order valence-electron chi connectivity index (χ0n) is 20.4. The fourth-order valence-corrected chi connectivity index (χ4v) is 5.33. The molecule has 0 saturated heterocycles. The average Bonchev–Trinajstić information content (AvgIpc) is 3.54. The highest BCUT2D eigenvalue weighted by atomic mass is 35.5. The van der Waals surface area contributed by atoms with Crippen LogP contribution in [0.3, 0.4) is 0 Å². The van der Waals surface area contributed by atoms with Gasteiger partial charge in [-0.15, -0.1) is 36.2 Å². The van der Waals surface area contributed by atoms with E-state index >= 15 is 0 Å². The van der Waals surface area contributed by atoms with Crippen LogP contribution in [-0.4, -0.2) is 40.0 Å². The molecule has 1 N–H and O–H groups in total. The Labute approximate surface area is 229 Å². The molecule has 0 aliphatic carbocycles. The summed E-state index contributed by atoms with van der Waals surface area (Å²) in [7, 11) is 0. The summed E-state index contributed by atoms with van der Waals surface area (Å²) in [5, 5.41) is 4.91. The molecule has 0 bridgehead atoms. The van der Waals surface area contributed by atoms with Gasteiger partial charge in [-0.2, -0.15) is 0 Å². The lowest BCUT2D eigenvalue weighted by atomic mass is 9.99. The molecule has 36 heavy (non-hydrogen) atoms. The van der Waals surface area contributed by atoms with E-state index < -0.39 is 0 Å². The Morgan fingerprint density at radius 3 is 2.58 bits per heavy atom. The van der Waals surface area contributed by atoms with Gasteiger partial charge in [-0.1, -0.05) is 42.5 Å². The van der Waals surface area contributed by atoms with E-state index in [4.69, 9.17) is 0 Å². The van der Waals surface area contributed by atoms with Crippen LogP contribution in [0, 0.1) is 6.92 Å². The number of aromatic nitrogens is 2. The highest BCUT2D eigenvalue weighted by Crippen LogP contribution is 2.25. The number of fused-ring (bicyclic) bond motifs is 1. The van der Waals surface area contributed by atoms with Crippen LogP contribution in [0.15, 0.2) is 72.4 Å². The normalized spacial score (nSPS) is 13.5. The Morgan fingerprint density at radius 1 is 1.06 bits per heavy atom. The quantitative estimate of drug-likeness (QED) is 0.242. The molecule has 1 amide bonds. The molecule has 1 aliphatic rings. The Kier molecular flexibility index (Phi) is 10.1. The van der Waals surface area contributed by atoms with Gasteiger partial charge in [0.15, 0.2) is 0 Å². The van der Waals surface area contributed by atoms with Crippen molar-refractivity contribution in [1.82, 2.24) is 14.5 Å². The Balaban J connectivity index is 0.00000180. The molecule has 0 fully saturated rings. The van der Waals surface area contributed by atoms with Crippen molar-refractivity contribution >= 4 is 64.4 Å². The summed E-state index contributed by atoms with van der Waals surface area (Å²) in [6, 6.07) is 18.5. The topological polar surface area (TPSA) is 50.2 Å². The third kappa shape index (κ3) is 6.56. The minimum atomic E-state index is -0.0726. The number of hydrogen-bond donors (Lipinski definition) is 1. The van der Waals surface area contributed by atoms with Crippen molar-refractivity contribution in [3.05, 3.63) is 88.4 Å². The van der Waals surface area contributed by atoms with Crippen molar-refractivity contribution in [1.29, 1.82) is 0 Å². The molecule has 0 radical (unpaired) electrons. The van der Waals surface area contributed by atoms with Crippen molar-refractivity contribution in [3.8, 4) is 0 Å². The number of hydrogen-bond acceptors (Lipinski definition) is 4. The van der Waals surface area contributed by atoms with Gasteiger partial charge in [0, 0.05) is 25.3 Å². The predicted molar refractivity (Wildman–Crippen MR) is 156 cm³/mol. The number of anilines is 1. The molecule has 0 saturated carbocycles. The number of carbonyl (C=O) groups excluding carboxylic acids is 1. The predicted octanol–water partition coefficient (Wildman–Crippen LogP) is 7.07. The summed E-state index contributed by atoms with van der Waals surface area (Å²) < 4.78 is 2.25. The van der Waals surface area contributed by atoms with Crippen molar-refractivity contribution in [2.45, 2.75) is 32.7 Å². The number of aryl methyl sites for hydroxylation is 2. The van der Waals surface area contributed by atoms with E-state index in [1.165, 1.54) is 28.9 Å². The third-order valence-corrected chi connectivity index (χ3v) is 7.34. The lowest BCUT2D eigenvalue weighted by Crippen LogP contribution is -2.29. The number of carbonyl (C=O) groups is 1. The standard InChI is InChI=1S/C28H30N4OS.2ClH/c1-21-18-24(30-28(33)26-10-7-17-34-26)19-25-27(21)32(20-29-25)14-6-5-13-31-15-11-23(12-16-31)22-8-3-2-4-9-22;;/h2-4,7-11,17-20H,5-6,12-16H2,1H3,(H,30,33);2*1H. The molecule has 2 aromatic carbocycles. The summed E-state index contributed by atoms with van der Waals surface area (Å²) in [6.45, 7) is 6.34. The minimum Gasteiger partial charge on any atom is -0.330 e. The van der Waals surface area contributed by atoms with Crippen molar-refractivity contribution < 1.29 is 4.79 Å². The highest BCUT2D eigenvalue weighted by molar-refractivity contribution is 7.12. The minimum absolute atomic E-state index is 0. The van der Waals surface area contributed by atoms with Crippen LogP contribution in [0.4, 0.5) is 5.69 Å². The highest BCUT2D eigenvalue weighted by Gasteiger charge is 2.14. The third-order valence-electron chi connectivity index (χ3n) is 6.47. The first-order chi connectivity index (χ1) is 16.7. The van der Waals surface area contributed by atoms with Gasteiger partial charge < -0.3 is 9.88 Å². The summed E-state index contributed by atoms with van der Waals surface area (Å²) >= 11 is 1.44. The second-order valence-corrected chi connectivity index (χ2v) is 9.83. The van der Waals surface area contributed by atoms with E-state index in [9.17, 15) is 4.79 Å². The molecular weight excluding hydrogens is 511 g/mol. The molecule has 5 rings (SSSR count). The molecule has 0 spiro atoms.